The van der Waals surface area contributed by atoms with Gasteiger partial charge < -0.3 is 14.6 Å². The maximum Gasteiger partial charge on any atom is 0.304 e. The summed E-state index contributed by atoms with van der Waals surface area (Å²) in [6, 6.07) is 3.33. The fourth-order valence-corrected chi connectivity index (χ4v) is 4.04. The summed E-state index contributed by atoms with van der Waals surface area (Å²) >= 11 is 0. The first-order valence-electron chi connectivity index (χ1n) is 6.68. The van der Waals surface area contributed by atoms with Gasteiger partial charge in [-0.2, -0.15) is 0 Å². The van der Waals surface area contributed by atoms with E-state index in [0.717, 1.165) is 6.26 Å². The van der Waals surface area contributed by atoms with Crippen molar-refractivity contribution in [2.24, 2.45) is 0 Å². The van der Waals surface area contributed by atoms with Crippen LogP contribution >= 0.6 is 0 Å². The van der Waals surface area contributed by atoms with Crippen LogP contribution in [0.3, 0.4) is 0 Å². The predicted molar refractivity (Wildman–Crippen MR) is 73.7 cm³/mol. The van der Waals surface area contributed by atoms with Crippen molar-refractivity contribution >= 4 is 15.8 Å². The molecule has 6 nitrogen and oxygen atoms in total. The maximum absolute atomic E-state index is 12.2. The summed E-state index contributed by atoms with van der Waals surface area (Å²) in [4.78, 5) is 11.2. The third kappa shape index (κ3) is 2.46. The minimum Gasteiger partial charge on any atom is -0.486 e. The second-order valence-corrected chi connectivity index (χ2v) is 7.54. The molecule has 0 bridgehead atoms. The third-order valence-corrected chi connectivity index (χ3v) is 5.10. The molecule has 0 amide bonds. The number of carboxylic acids is 1. The van der Waals surface area contributed by atoms with E-state index >= 15 is 0 Å². The quantitative estimate of drug-likeness (QED) is 0.903. The molecule has 0 saturated heterocycles. The van der Waals surface area contributed by atoms with Crippen molar-refractivity contribution in [3.8, 4) is 11.5 Å². The first kappa shape index (κ1) is 14.2. The number of aliphatic carboxylic acids is 1. The van der Waals surface area contributed by atoms with Gasteiger partial charge in [-0.3, -0.25) is 4.79 Å². The van der Waals surface area contributed by atoms with Gasteiger partial charge in [-0.05, 0) is 24.5 Å². The van der Waals surface area contributed by atoms with Gasteiger partial charge in [0.05, 0.1) is 6.42 Å². The molecule has 0 unspecified atom stereocenters. The summed E-state index contributed by atoms with van der Waals surface area (Å²) < 4.78 is 35.3. The lowest BCUT2D eigenvalue weighted by Gasteiger charge is -2.25. The van der Waals surface area contributed by atoms with E-state index in [4.69, 9.17) is 14.6 Å². The standard InChI is InChI=1S/C14H16O6S/c1-21(17,18)13-9(14(4-5-14)8-11(15)16)2-3-10-12(13)20-7-6-19-10/h2-3H,4-8H2,1H3,(H,15,16). The van der Waals surface area contributed by atoms with Crippen molar-refractivity contribution in [1.82, 2.24) is 0 Å². The van der Waals surface area contributed by atoms with Crippen LogP contribution in [0.15, 0.2) is 17.0 Å². The molecule has 1 fully saturated rings. The van der Waals surface area contributed by atoms with E-state index < -0.39 is 21.2 Å². The van der Waals surface area contributed by atoms with Crippen LogP contribution in [0.2, 0.25) is 0 Å². The Labute approximate surface area is 122 Å². The van der Waals surface area contributed by atoms with Crippen molar-refractivity contribution < 1.29 is 27.8 Å². The van der Waals surface area contributed by atoms with E-state index in [1.54, 1.807) is 12.1 Å². The van der Waals surface area contributed by atoms with Gasteiger partial charge in [0.15, 0.2) is 21.3 Å². The molecule has 1 aliphatic carbocycles. The highest BCUT2D eigenvalue weighted by Gasteiger charge is 2.49. The molecule has 7 heteroatoms. The molecule has 0 aromatic heterocycles. The Morgan fingerprint density at radius 3 is 2.52 bits per heavy atom. The van der Waals surface area contributed by atoms with Crippen LogP contribution < -0.4 is 9.47 Å². The molecule has 1 saturated carbocycles. The van der Waals surface area contributed by atoms with Gasteiger partial charge in [0, 0.05) is 11.7 Å². The highest BCUT2D eigenvalue weighted by Crippen LogP contribution is 2.55. The van der Waals surface area contributed by atoms with E-state index in [1.807, 2.05) is 0 Å². The molecule has 0 spiro atoms. The van der Waals surface area contributed by atoms with Gasteiger partial charge in [0.2, 0.25) is 0 Å². The summed E-state index contributed by atoms with van der Waals surface area (Å²) in [7, 11) is -3.55. The Hall–Kier alpha value is -1.76. The number of rotatable bonds is 4. The van der Waals surface area contributed by atoms with Crippen LogP contribution in [0.25, 0.3) is 0 Å². The lowest BCUT2D eigenvalue weighted by atomic mass is 9.92. The average Bonchev–Trinajstić information content (AvgIpc) is 3.16. The second kappa shape index (κ2) is 4.62. The molecular formula is C14H16O6S. The fraction of sp³-hybridized carbons (Fsp3) is 0.500. The van der Waals surface area contributed by atoms with Crippen LogP contribution in [0.1, 0.15) is 24.8 Å². The normalized spacial score (nSPS) is 19.1. The Bertz CT molecular complexity index is 702. The monoisotopic (exact) mass is 312 g/mol. The second-order valence-electron chi connectivity index (χ2n) is 5.59. The van der Waals surface area contributed by atoms with Crippen molar-refractivity contribution in [2.75, 3.05) is 19.5 Å². The summed E-state index contributed by atoms with van der Waals surface area (Å²) in [6.45, 7) is 0.653. The molecule has 114 valence electrons. The fourth-order valence-electron chi connectivity index (χ4n) is 2.86. The minimum atomic E-state index is -3.55. The molecule has 1 N–H and O–H groups in total. The third-order valence-electron chi connectivity index (χ3n) is 3.95. The number of carbonyl (C=O) groups is 1. The average molecular weight is 312 g/mol. The van der Waals surface area contributed by atoms with Crippen LogP contribution in [-0.4, -0.2) is 39.0 Å². The van der Waals surface area contributed by atoms with Gasteiger partial charge in [-0.1, -0.05) is 6.07 Å². The van der Waals surface area contributed by atoms with Crippen LogP contribution in [0.4, 0.5) is 0 Å². The SMILES string of the molecule is CS(=O)(=O)c1c(C2(CC(=O)O)CC2)ccc2c1OCCO2. The van der Waals surface area contributed by atoms with Crippen LogP contribution in [-0.2, 0) is 20.0 Å². The maximum atomic E-state index is 12.2. The summed E-state index contributed by atoms with van der Waals surface area (Å²) in [6.07, 6.45) is 2.37. The van der Waals surface area contributed by atoms with E-state index in [-0.39, 0.29) is 23.7 Å². The number of benzene rings is 1. The van der Waals surface area contributed by atoms with Crippen molar-refractivity contribution in [2.45, 2.75) is 29.6 Å². The van der Waals surface area contributed by atoms with Crippen molar-refractivity contribution in [3.05, 3.63) is 17.7 Å². The molecule has 0 atom stereocenters. The van der Waals surface area contributed by atoms with Gasteiger partial charge in [-0.15, -0.1) is 0 Å². The lowest BCUT2D eigenvalue weighted by Crippen LogP contribution is -2.22. The Morgan fingerprint density at radius 2 is 1.95 bits per heavy atom. The summed E-state index contributed by atoms with van der Waals surface area (Å²) in [5.74, 6) is -0.309. The van der Waals surface area contributed by atoms with Crippen LogP contribution in [0, 0.1) is 0 Å². The van der Waals surface area contributed by atoms with Gasteiger partial charge in [0.1, 0.15) is 18.1 Å². The molecule has 21 heavy (non-hydrogen) atoms. The molecule has 0 radical (unpaired) electrons. The van der Waals surface area contributed by atoms with Gasteiger partial charge in [-0.25, -0.2) is 8.42 Å². The molecular weight excluding hydrogens is 296 g/mol. The lowest BCUT2D eigenvalue weighted by molar-refractivity contribution is -0.137. The smallest absolute Gasteiger partial charge is 0.304 e. The van der Waals surface area contributed by atoms with Crippen molar-refractivity contribution in [3.63, 3.8) is 0 Å². The van der Waals surface area contributed by atoms with Crippen LogP contribution in [0.5, 0.6) is 11.5 Å². The topological polar surface area (TPSA) is 89.9 Å². The number of sulfone groups is 1. The zero-order valence-corrected chi connectivity index (χ0v) is 12.4. The number of ether oxygens (including phenoxy) is 2. The summed E-state index contributed by atoms with van der Waals surface area (Å²) in [5, 5.41) is 9.08. The Kier molecular flexibility index (Phi) is 3.12. The van der Waals surface area contributed by atoms with E-state index in [1.165, 1.54) is 0 Å². The first-order chi connectivity index (χ1) is 9.83. The van der Waals surface area contributed by atoms with E-state index in [0.29, 0.717) is 30.8 Å². The predicted octanol–water partition coefficient (Wildman–Crippen LogP) is 1.37. The van der Waals surface area contributed by atoms with Gasteiger partial charge in [0.25, 0.3) is 0 Å². The number of hydrogen-bond acceptors (Lipinski definition) is 5. The molecule has 2 aliphatic rings. The summed E-state index contributed by atoms with van der Waals surface area (Å²) in [5.41, 5.74) is -0.0586. The number of fused-ring (bicyclic) bond motifs is 1. The molecule has 1 aliphatic heterocycles. The zero-order valence-electron chi connectivity index (χ0n) is 11.6. The Balaban J connectivity index is 2.20. The van der Waals surface area contributed by atoms with Gasteiger partial charge >= 0.3 is 5.97 Å². The minimum absolute atomic E-state index is 0.0742. The molecule has 1 heterocycles. The highest BCUT2D eigenvalue weighted by molar-refractivity contribution is 7.90. The number of carboxylic acid groups (broad SMARTS) is 1. The number of hydrogen-bond donors (Lipinski definition) is 1. The molecule has 1 aromatic carbocycles. The van der Waals surface area contributed by atoms with E-state index in [9.17, 15) is 13.2 Å². The molecule has 3 rings (SSSR count). The largest absolute Gasteiger partial charge is 0.486 e. The van der Waals surface area contributed by atoms with Crippen molar-refractivity contribution in [1.29, 1.82) is 0 Å². The Morgan fingerprint density at radius 1 is 1.29 bits per heavy atom. The molecule has 1 aromatic rings. The van der Waals surface area contributed by atoms with E-state index in [2.05, 4.69) is 0 Å². The highest BCUT2D eigenvalue weighted by atomic mass is 32.2. The first-order valence-corrected chi connectivity index (χ1v) is 8.58. The zero-order chi connectivity index (χ0) is 15.3.